The zero-order chi connectivity index (χ0) is 22.6. The van der Waals surface area contributed by atoms with Crippen molar-refractivity contribution in [1.29, 1.82) is 0 Å². The second-order valence-corrected chi connectivity index (χ2v) is 8.52. The van der Waals surface area contributed by atoms with Gasteiger partial charge in [0.15, 0.2) is 0 Å². The molecule has 170 valence electrons. The van der Waals surface area contributed by atoms with Crippen molar-refractivity contribution >= 4 is 10.9 Å². The number of hydrogen-bond donors (Lipinski definition) is 1. The topological polar surface area (TPSA) is 78.3 Å². The highest BCUT2D eigenvalue weighted by atomic mass is 16.5. The Labute approximate surface area is 193 Å². The van der Waals surface area contributed by atoms with Gasteiger partial charge in [-0.25, -0.2) is 0 Å². The number of pyridine rings is 1. The molecule has 1 aliphatic rings. The largest absolute Gasteiger partial charge is 0.489 e. The van der Waals surface area contributed by atoms with Crippen LogP contribution in [0, 0.1) is 0 Å². The van der Waals surface area contributed by atoms with Gasteiger partial charge in [0, 0.05) is 42.5 Å². The minimum Gasteiger partial charge on any atom is -0.489 e. The number of nitrogens with zero attached hydrogens (tertiary/aromatic N) is 4. The molecule has 33 heavy (non-hydrogen) atoms. The van der Waals surface area contributed by atoms with Gasteiger partial charge in [0.25, 0.3) is 5.56 Å². The Morgan fingerprint density at radius 1 is 1.06 bits per heavy atom. The molecule has 7 nitrogen and oxygen atoms in total. The van der Waals surface area contributed by atoms with Gasteiger partial charge in [0.1, 0.15) is 12.4 Å². The van der Waals surface area contributed by atoms with Gasteiger partial charge in [0.2, 0.25) is 0 Å². The molecule has 0 radical (unpaired) electrons. The quantitative estimate of drug-likeness (QED) is 0.453. The number of hydrogen-bond acceptors (Lipinski definition) is 5. The molecule has 0 amide bonds. The van der Waals surface area contributed by atoms with E-state index >= 15 is 0 Å². The molecular formula is C26H29N5O2. The number of nitrogens with two attached hydrogens (primary N) is 1. The van der Waals surface area contributed by atoms with Crippen molar-refractivity contribution in [2.45, 2.75) is 32.0 Å². The van der Waals surface area contributed by atoms with Gasteiger partial charge >= 0.3 is 0 Å². The third kappa shape index (κ3) is 4.69. The first-order valence-corrected chi connectivity index (χ1v) is 11.5. The first kappa shape index (κ1) is 21.4. The first-order chi connectivity index (χ1) is 16.2. The molecule has 1 aliphatic heterocycles. The number of rotatable bonds is 8. The fourth-order valence-corrected chi connectivity index (χ4v) is 4.59. The third-order valence-corrected chi connectivity index (χ3v) is 6.41. The van der Waals surface area contributed by atoms with Gasteiger partial charge in [-0.05, 0) is 49.2 Å². The second kappa shape index (κ2) is 9.60. The lowest BCUT2D eigenvalue weighted by molar-refractivity contribution is 0.246. The van der Waals surface area contributed by atoms with Crippen LogP contribution in [0.1, 0.15) is 18.4 Å². The predicted molar refractivity (Wildman–Crippen MR) is 130 cm³/mol. The molecule has 0 unspecified atom stereocenters. The number of ether oxygens (including phenoxy) is 1. The summed E-state index contributed by atoms with van der Waals surface area (Å²) in [5.74, 6) is 0.562. The average molecular weight is 444 g/mol. The van der Waals surface area contributed by atoms with Crippen molar-refractivity contribution in [3.8, 4) is 11.4 Å². The SMILES string of the molecule is NC[C@H]1CCCN1CCn1ncc2cc(-n3ccc(OCc4ccccc4)cc3=O)ccc21. The van der Waals surface area contributed by atoms with Gasteiger partial charge in [0.05, 0.1) is 18.3 Å². The summed E-state index contributed by atoms with van der Waals surface area (Å²) in [6.45, 7) is 4.03. The molecular weight excluding hydrogens is 414 g/mol. The molecule has 4 aromatic rings. The molecule has 2 aromatic heterocycles. The summed E-state index contributed by atoms with van der Waals surface area (Å²) >= 11 is 0. The summed E-state index contributed by atoms with van der Waals surface area (Å²) in [6, 6.07) is 19.7. The lowest BCUT2D eigenvalue weighted by Gasteiger charge is -2.23. The maximum Gasteiger partial charge on any atom is 0.258 e. The molecule has 0 aliphatic carbocycles. The van der Waals surface area contributed by atoms with Crippen LogP contribution in [0.3, 0.4) is 0 Å². The molecule has 2 aromatic carbocycles. The van der Waals surface area contributed by atoms with E-state index in [0.717, 1.165) is 41.8 Å². The van der Waals surface area contributed by atoms with Crippen molar-refractivity contribution in [3.05, 3.63) is 89.0 Å². The summed E-state index contributed by atoms with van der Waals surface area (Å²) in [6.07, 6.45) is 6.03. The van der Waals surface area contributed by atoms with Crippen molar-refractivity contribution in [1.82, 2.24) is 19.2 Å². The molecule has 0 spiro atoms. The fourth-order valence-electron chi connectivity index (χ4n) is 4.59. The fraction of sp³-hybridized carbons (Fsp3) is 0.308. The van der Waals surface area contributed by atoms with Crippen LogP contribution in [0.5, 0.6) is 5.75 Å². The van der Waals surface area contributed by atoms with Crippen molar-refractivity contribution in [2.75, 3.05) is 19.6 Å². The zero-order valence-corrected chi connectivity index (χ0v) is 18.6. The van der Waals surface area contributed by atoms with E-state index in [-0.39, 0.29) is 5.56 Å². The minimum absolute atomic E-state index is 0.130. The standard InChI is InChI=1S/C26H29N5O2/c27-17-23-7-4-11-29(23)13-14-31-25-9-8-22(15-21(25)18-28-31)30-12-10-24(16-26(30)32)33-19-20-5-2-1-3-6-20/h1-3,5-6,8-10,12,15-16,18,23H,4,7,11,13-14,17,19,27H2/t23-/m1/s1. The Morgan fingerprint density at radius 3 is 2.76 bits per heavy atom. The van der Waals surface area contributed by atoms with Crippen LogP contribution in [0.15, 0.2) is 77.9 Å². The van der Waals surface area contributed by atoms with Crippen LogP contribution in [-0.2, 0) is 13.2 Å². The van der Waals surface area contributed by atoms with Crippen LogP contribution in [0.2, 0.25) is 0 Å². The normalized spacial score (nSPS) is 16.5. The summed E-state index contributed by atoms with van der Waals surface area (Å²) in [5.41, 5.74) is 8.71. The zero-order valence-electron chi connectivity index (χ0n) is 18.6. The van der Waals surface area contributed by atoms with Gasteiger partial charge in [-0.3, -0.25) is 18.9 Å². The molecule has 1 saturated heterocycles. The van der Waals surface area contributed by atoms with E-state index < -0.39 is 0 Å². The molecule has 0 saturated carbocycles. The van der Waals surface area contributed by atoms with Crippen LogP contribution < -0.4 is 16.0 Å². The number of likely N-dealkylation sites (tertiary alicyclic amines) is 1. The van der Waals surface area contributed by atoms with Crippen molar-refractivity contribution < 1.29 is 4.74 Å². The van der Waals surface area contributed by atoms with E-state index in [4.69, 9.17) is 10.5 Å². The summed E-state index contributed by atoms with van der Waals surface area (Å²) in [4.78, 5) is 15.2. The van der Waals surface area contributed by atoms with Gasteiger partial charge in [-0.2, -0.15) is 5.10 Å². The average Bonchev–Trinajstić information content (AvgIpc) is 3.48. The second-order valence-electron chi connectivity index (χ2n) is 8.52. The number of benzene rings is 2. The Balaban J connectivity index is 1.29. The lowest BCUT2D eigenvalue weighted by atomic mass is 10.2. The Morgan fingerprint density at radius 2 is 1.94 bits per heavy atom. The highest BCUT2D eigenvalue weighted by molar-refractivity contribution is 5.80. The number of aromatic nitrogens is 3. The summed E-state index contributed by atoms with van der Waals surface area (Å²) < 4.78 is 9.45. The first-order valence-electron chi connectivity index (χ1n) is 11.5. The molecule has 5 rings (SSSR count). The van der Waals surface area contributed by atoms with Crippen LogP contribution >= 0.6 is 0 Å². The molecule has 3 heterocycles. The van der Waals surface area contributed by atoms with Crippen LogP contribution in [-0.4, -0.2) is 44.9 Å². The van der Waals surface area contributed by atoms with Gasteiger partial charge in [-0.1, -0.05) is 30.3 Å². The highest BCUT2D eigenvalue weighted by Gasteiger charge is 2.22. The van der Waals surface area contributed by atoms with Crippen LogP contribution in [0.4, 0.5) is 0 Å². The Bertz CT molecular complexity index is 1280. The van der Waals surface area contributed by atoms with Crippen molar-refractivity contribution in [3.63, 3.8) is 0 Å². The Hall–Kier alpha value is -3.42. The van der Waals surface area contributed by atoms with E-state index in [1.54, 1.807) is 10.8 Å². The Kier molecular flexibility index (Phi) is 6.24. The molecule has 2 N–H and O–H groups in total. The summed E-state index contributed by atoms with van der Waals surface area (Å²) in [7, 11) is 0. The van der Waals surface area contributed by atoms with E-state index in [9.17, 15) is 4.79 Å². The monoisotopic (exact) mass is 443 g/mol. The van der Waals surface area contributed by atoms with Gasteiger partial charge < -0.3 is 10.5 Å². The maximum absolute atomic E-state index is 12.7. The molecule has 1 atom stereocenters. The third-order valence-electron chi connectivity index (χ3n) is 6.41. The molecule has 7 heteroatoms. The predicted octanol–water partition coefficient (Wildman–Crippen LogP) is 3.19. The van der Waals surface area contributed by atoms with Crippen molar-refractivity contribution in [2.24, 2.45) is 5.73 Å². The smallest absolute Gasteiger partial charge is 0.258 e. The highest BCUT2D eigenvalue weighted by Crippen LogP contribution is 2.20. The van der Waals surface area contributed by atoms with E-state index in [2.05, 4.69) is 10.00 Å². The molecule has 0 bridgehead atoms. The number of fused-ring (bicyclic) bond motifs is 1. The van der Waals surface area contributed by atoms with E-state index in [0.29, 0.717) is 24.9 Å². The summed E-state index contributed by atoms with van der Waals surface area (Å²) in [5, 5.41) is 5.60. The van der Waals surface area contributed by atoms with Gasteiger partial charge in [-0.15, -0.1) is 0 Å². The van der Waals surface area contributed by atoms with E-state index in [1.807, 2.05) is 65.5 Å². The minimum atomic E-state index is -0.130. The maximum atomic E-state index is 12.7. The molecule has 1 fully saturated rings. The van der Waals surface area contributed by atoms with E-state index in [1.165, 1.54) is 18.9 Å². The lowest BCUT2D eigenvalue weighted by Crippen LogP contribution is -2.37. The van der Waals surface area contributed by atoms with Crippen LogP contribution in [0.25, 0.3) is 16.6 Å².